The average molecular weight is 919 g/mol. The van der Waals surface area contributed by atoms with Crippen molar-refractivity contribution in [2.75, 3.05) is 23.7 Å². The van der Waals surface area contributed by atoms with Gasteiger partial charge >= 0.3 is 11.9 Å². The number of aromatic nitrogens is 4. The number of hydrogen-bond acceptors (Lipinski definition) is 7. The summed E-state index contributed by atoms with van der Waals surface area (Å²) in [5.41, 5.74) is 6.84. The summed E-state index contributed by atoms with van der Waals surface area (Å²) in [5.74, 6) is -0.525. The number of carbonyl (C=O) groups excluding carboxylic acids is 2. The van der Waals surface area contributed by atoms with Crippen LogP contribution in [0, 0.1) is 34.5 Å². The van der Waals surface area contributed by atoms with E-state index < -0.39 is 22.8 Å². The van der Waals surface area contributed by atoms with Crippen molar-refractivity contribution in [1.82, 2.24) is 24.0 Å². The normalized spacial score (nSPS) is 27.8. The molecule has 1 aliphatic heterocycles. The van der Waals surface area contributed by atoms with E-state index in [0.717, 1.165) is 168 Å². The zero-order valence-electron chi connectivity index (χ0n) is 38.7. The Labute approximate surface area is 392 Å². The zero-order valence-corrected chi connectivity index (χ0v) is 39.5. The van der Waals surface area contributed by atoms with Crippen LogP contribution >= 0.6 is 11.6 Å². The first-order chi connectivity index (χ1) is 31.6. The summed E-state index contributed by atoms with van der Waals surface area (Å²) in [6.07, 6.45) is 18.1. The van der Waals surface area contributed by atoms with Crippen LogP contribution in [0.5, 0.6) is 0 Å². The molecule has 0 saturated heterocycles. The van der Waals surface area contributed by atoms with Crippen molar-refractivity contribution in [1.29, 1.82) is 0 Å². The Hall–Kier alpha value is -5.01. The van der Waals surface area contributed by atoms with Crippen LogP contribution < -0.4 is 10.6 Å². The third kappa shape index (κ3) is 7.85. The molecule has 5 aliphatic carbocycles. The van der Waals surface area contributed by atoms with Gasteiger partial charge in [-0.1, -0.05) is 55.1 Å². The Morgan fingerprint density at radius 2 is 1.30 bits per heavy atom. The molecule has 4 saturated carbocycles. The molecule has 3 heterocycles. The lowest BCUT2D eigenvalue weighted by Crippen LogP contribution is -2.39. The molecule has 4 fully saturated rings. The number of imidazole rings is 2. The van der Waals surface area contributed by atoms with Crippen molar-refractivity contribution < 1.29 is 29.4 Å². The number of carboxylic acid groups (broad SMARTS) is 2. The lowest BCUT2D eigenvalue weighted by Gasteiger charge is -2.35. The number of anilines is 2. The largest absolute Gasteiger partial charge is 0.481 e. The van der Waals surface area contributed by atoms with Gasteiger partial charge in [0.15, 0.2) is 11.6 Å². The van der Waals surface area contributed by atoms with E-state index in [-0.39, 0.29) is 22.6 Å². The van der Waals surface area contributed by atoms with Gasteiger partial charge in [0.25, 0.3) is 11.8 Å². The Morgan fingerprint density at radius 1 is 0.727 bits per heavy atom. The van der Waals surface area contributed by atoms with E-state index in [1.807, 2.05) is 60.5 Å². The average Bonchev–Trinajstić information content (AvgIpc) is 4.14. The van der Waals surface area contributed by atoms with Gasteiger partial charge in [-0.25, -0.2) is 9.97 Å². The first-order valence-electron chi connectivity index (χ1n) is 24.4. The minimum absolute atomic E-state index is 0.0492. The summed E-state index contributed by atoms with van der Waals surface area (Å²) < 4.78 is 3.86. The highest BCUT2D eigenvalue weighted by molar-refractivity contribution is 6.36. The van der Waals surface area contributed by atoms with Gasteiger partial charge in [0.2, 0.25) is 0 Å². The molecule has 4 N–H and O–H groups in total. The first kappa shape index (κ1) is 44.8. The van der Waals surface area contributed by atoms with Gasteiger partial charge < -0.3 is 30.0 Å². The molecule has 1 unspecified atom stereocenters. The zero-order chi connectivity index (χ0) is 46.2. The second-order valence-corrected chi connectivity index (χ2v) is 21.9. The van der Waals surface area contributed by atoms with Crippen molar-refractivity contribution in [2.24, 2.45) is 41.7 Å². The Morgan fingerprint density at radius 3 is 1.95 bits per heavy atom. The van der Waals surface area contributed by atoms with Crippen molar-refractivity contribution in [3.8, 4) is 11.1 Å². The van der Waals surface area contributed by atoms with Crippen molar-refractivity contribution in [2.45, 2.75) is 135 Å². The molecule has 14 heteroatoms. The maximum atomic E-state index is 14.0. The summed E-state index contributed by atoms with van der Waals surface area (Å²) >= 11 is 7.10. The lowest BCUT2D eigenvalue weighted by atomic mass is 9.78. The number of amides is 2. The minimum atomic E-state index is -0.644. The molecule has 0 spiro atoms. The number of benzene rings is 2. The van der Waals surface area contributed by atoms with Gasteiger partial charge in [0, 0.05) is 62.8 Å². The highest BCUT2D eigenvalue weighted by Gasteiger charge is 2.59. The van der Waals surface area contributed by atoms with E-state index in [1.54, 1.807) is 6.07 Å². The smallest absolute Gasteiger partial charge is 0.309 e. The Balaban J connectivity index is 0.772. The predicted octanol–water partition coefficient (Wildman–Crippen LogP) is 9.77. The van der Waals surface area contributed by atoms with E-state index in [1.165, 1.54) is 6.42 Å². The van der Waals surface area contributed by atoms with Crippen LogP contribution in [0.4, 0.5) is 11.4 Å². The number of halogens is 1. The number of aliphatic carboxylic acids is 2. The molecule has 13 nitrogen and oxygen atoms in total. The number of rotatable bonds is 13. The molecule has 66 heavy (non-hydrogen) atoms. The molecule has 4 aromatic rings. The van der Waals surface area contributed by atoms with Gasteiger partial charge in [-0.2, -0.15) is 0 Å². The Kier molecular flexibility index (Phi) is 11.5. The highest BCUT2D eigenvalue weighted by Crippen LogP contribution is 2.64. The van der Waals surface area contributed by atoms with Gasteiger partial charge in [0.1, 0.15) is 0 Å². The number of aryl methyl sites for hydroxylation is 1. The van der Waals surface area contributed by atoms with E-state index >= 15 is 0 Å². The fraction of sp³-hybridized carbons (Fsp3) is 0.577. The third-order valence-corrected chi connectivity index (χ3v) is 18.1. The second kappa shape index (κ2) is 16.9. The fourth-order valence-electron chi connectivity index (χ4n) is 13.8. The molecule has 6 aliphatic rings. The summed E-state index contributed by atoms with van der Waals surface area (Å²) in [7, 11) is 3.83. The molecule has 350 valence electrons. The minimum Gasteiger partial charge on any atom is -0.481 e. The monoisotopic (exact) mass is 917 g/mol. The molecule has 1 atom stereocenters. The molecule has 4 bridgehead atoms. The van der Waals surface area contributed by atoms with Crippen molar-refractivity contribution >= 4 is 46.7 Å². The first-order valence-corrected chi connectivity index (χ1v) is 24.8. The number of hydrogen-bond donors (Lipinski definition) is 4. The molecular formula is C52H64ClN7O6. The molecule has 2 amide bonds. The molecule has 2 aromatic heterocycles. The van der Waals surface area contributed by atoms with Crippen LogP contribution in [0.2, 0.25) is 5.02 Å². The number of nitrogens with zero attached hydrogens (tertiary/aromatic N) is 5. The fourth-order valence-corrected chi connectivity index (χ4v) is 14.1. The summed E-state index contributed by atoms with van der Waals surface area (Å²) in [4.78, 5) is 64.0. The third-order valence-electron chi connectivity index (χ3n) is 17.7. The number of fused-ring (bicyclic) bond motifs is 6. The van der Waals surface area contributed by atoms with Gasteiger partial charge in [-0.15, -0.1) is 0 Å². The van der Waals surface area contributed by atoms with E-state index in [2.05, 4.69) is 15.5 Å². The SMILES string of the molecule is Cc1c(NC(=O)c2nc3c(n2C)CCC(CCCC24CCC(C(=O)O)(CC2)C4)CCC3)cccc1-c1cccc(NC(=O)c2nc3c(n2C)CCN(CC24CCC(C(=O)O)(CC2)C4)C3)c1Cl. The van der Waals surface area contributed by atoms with Crippen molar-refractivity contribution in [3.05, 3.63) is 81.4 Å². The number of carboxylic acids is 2. The van der Waals surface area contributed by atoms with Crippen LogP contribution in [0.15, 0.2) is 36.4 Å². The van der Waals surface area contributed by atoms with Crippen LogP contribution in [-0.2, 0) is 49.5 Å². The van der Waals surface area contributed by atoms with Gasteiger partial charge in [-0.05, 0) is 143 Å². The van der Waals surface area contributed by atoms with Crippen LogP contribution in [-0.4, -0.2) is 71.1 Å². The summed E-state index contributed by atoms with van der Waals surface area (Å²) in [6.45, 7) is 4.29. The summed E-state index contributed by atoms with van der Waals surface area (Å²) in [6, 6.07) is 11.3. The molecule has 10 rings (SSSR count). The Bertz CT molecular complexity index is 2610. The lowest BCUT2D eigenvalue weighted by molar-refractivity contribution is -0.149. The summed E-state index contributed by atoms with van der Waals surface area (Å²) in [5, 5.41) is 26.3. The van der Waals surface area contributed by atoms with Gasteiger partial charge in [-0.3, -0.25) is 24.1 Å². The van der Waals surface area contributed by atoms with Crippen LogP contribution in [0.25, 0.3) is 11.1 Å². The number of carbonyl (C=O) groups is 4. The molecule has 2 aromatic carbocycles. The topological polar surface area (TPSA) is 172 Å². The van der Waals surface area contributed by atoms with Crippen LogP contribution in [0.1, 0.15) is 152 Å². The van der Waals surface area contributed by atoms with Crippen LogP contribution in [0.3, 0.4) is 0 Å². The molecular weight excluding hydrogens is 854 g/mol. The highest BCUT2D eigenvalue weighted by atomic mass is 35.5. The maximum absolute atomic E-state index is 14.0. The van der Waals surface area contributed by atoms with E-state index in [0.29, 0.717) is 40.5 Å². The predicted molar refractivity (Wildman–Crippen MR) is 253 cm³/mol. The maximum Gasteiger partial charge on any atom is 0.309 e. The quantitative estimate of drug-likeness (QED) is 0.102. The van der Waals surface area contributed by atoms with E-state index in [4.69, 9.17) is 21.6 Å². The van der Waals surface area contributed by atoms with Gasteiger partial charge in [0.05, 0.1) is 32.9 Å². The standard InChI is InChI=1S/C52H64ClN7O6/c1-32-34(35-11-6-14-38(42(35)53)57-46(62)44-55-39-28-60(27-17-41(39)59(44)3)31-50-21-25-52(30-50,26-22-50)48(65)66)10-5-12-36(32)56-45(61)43-54-37-13-4-8-33(15-16-40(37)58(43)2)9-7-18-49-19-23-51(29-49,24-20-49)47(63)64/h5-6,10-12,14,33H,4,7-9,13,15-31H2,1-3H3,(H,56,61)(H,57,62)(H,63,64)(H,65,66). The second-order valence-electron chi connectivity index (χ2n) is 21.5. The van der Waals surface area contributed by atoms with E-state index in [9.17, 15) is 29.4 Å². The van der Waals surface area contributed by atoms with Crippen molar-refractivity contribution in [3.63, 3.8) is 0 Å². The number of nitrogens with one attached hydrogen (secondary N) is 2. The molecule has 0 radical (unpaired) electrons.